The number of hydrogen-bond acceptors (Lipinski definition) is 3. The Morgan fingerprint density at radius 2 is 2.21 bits per heavy atom. The van der Waals surface area contributed by atoms with E-state index >= 15 is 0 Å². The average molecular weight is 302 g/mol. The van der Waals surface area contributed by atoms with Crippen LogP contribution >= 0.6 is 22.9 Å². The lowest BCUT2D eigenvalue weighted by atomic mass is 10.2. The highest BCUT2D eigenvalue weighted by Crippen LogP contribution is 2.22. The van der Waals surface area contributed by atoms with Crippen LogP contribution in [-0.4, -0.2) is 29.6 Å². The van der Waals surface area contributed by atoms with Gasteiger partial charge in [-0.15, -0.1) is 17.9 Å². The van der Waals surface area contributed by atoms with E-state index < -0.39 is 0 Å². The molecule has 106 valence electrons. The minimum absolute atomic E-state index is 0.0423. The second-order valence-electron chi connectivity index (χ2n) is 5.17. The summed E-state index contributed by atoms with van der Waals surface area (Å²) in [4.78, 5) is 14.9. The zero-order valence-corrected chi connectivity index (χ0v) is 13.2. The zero-order chi connectivity index (χ0) is 14.5. The topological polar surface area (TPSA) is 29.5 Å². The van der Waals surface area contributed by atoms with E-state index in [2.05, 4.69) is 6.58 Å². The predicted octanol–water partition coefficient (Wildman–Crippen LogP) is 3.73. The lowest BCUT2D eigenvalue weighted by Gasteiger charge is -2.24. The molecule has 3 nitrogen and oxygen atoms in total. The van der Waals surface area contributed by atoms with Gasteiger partial charge in [-0.05, 0) is 32.9 Å². The Bertz CT molecular complexity index is 437. The maximum atomic E-state index is 12.1. The van der Waals surface area contributed by atoms with Gasteiger partial charge in [0.25, 0.3) is 0 Å². The number of carbonyl (C=O) groups is 1. The van der Waals surface area contributed by atoms with Gasteiger partial charge >= 0.3 is 0 Å². The second kappa shape index (κ2) is 7.08. The van der Waals surface area contributed by atoms with E-state index in [4.69, 9.17) is 16.3 Å². The van der Waals surface area contributed by atoms with Gasteiger partial charge in [-0.1, -0.05) is 17.7 Å². The Morgan fingerprint density at radius 1 is 1.53 bits per heavy atom. The van der Waals surface area contributed by atoms with E-state index in [9.17, 15) is 4.79 Å². The first-order chi connectivity index (χ1) is 8.81. The normalized spacial score (nSPS) is 11.4. The molecule has 0 aliphatic heterocycles. The van der Waals surface area contributed by atoms with Crippen LogP contribution in [0.4, 0.5) is 0 Å². The van der Waals surface area contributed by atoms with Crippen molar-refractivity contribution in [3.05, 3.63) is 34.0 Å². The first-order valence-electron chi connectivity index (χ1n) is 6.08. The molecular formula is C14H20ClNO2S. The van der Waals surface area contributed by atoms with Crippen LogP contribution in [0.2, 0.25) is 4.34 Å². The summed E-state index contributed by atoms with van der Waals surface area (Å²) in [5, 5.41) is 0. The summed E-state index contributed by atoms with van der Waals surface area (Å²) in [5.74, 6) is -0.0423. The van der Waals surface area contributed by atoms with E-state index in [0.717, 1.165) is 9.21 Å². The highest BCUT2D eigenvalue weighted by Gasteiger charge is 2.18. The smallest absolute Gasteiger partial charge is 0.249 e. The van der Waals surface area contributed by atoms with Crippen molar-refractivity contribution in [3.63, 3.8) is 0 Å². The summed E-state index contributed by atoms with van der Waals surface area (Å²) in [6, 6.07) is 3.77. The number of hydrogen-bond donors (Lipinski definition) is 0. The third-order valence-electron chi connectivity index (χ3n) is 2.31. The molecule has 0 aliphatic carbocycles. The molecule has 0 aromatic carbocycles. The molecule has 1 aromatic rings. The first kappa shape index (κ1) is 16.2. The fraction of sp³-hybridized carbons (Fsp3) is 0.500. The van der Waals surface area contributed by atoms with E-state index in [1.165, 1.54) is 11.3 Å². The summed E-state index contributed by atoms with van der Waals surface area (Å²) >= 11 is 7.37. The van der Waals surface area contributed by atoms with Crippen LogP contribution in [0.5, 0.6) is 0 Å². The summed E-state index contributed by atoms with van der Waals surface area (Å²) in [7, 11) is 0. The van der Waals surface area contributed by atoms with Crippen LogP contribution in [0.1, 0.15) is 25.6 Å². The molecular weight excluding hydrogens is 282 g/mol. The molecule has 1 heterocycles. The Morgan fingerprint density at radius 3 is 2.68 bits per heavy atom. The number of rotatable bonds is 6. The van der Waals surface area contributed by atoms with Gasteiger partial charge in [-0.3, -0.25) is 4.79 Å². The molecule has 0 bridgehead atoms. The highest BCUT2D eigenvalue weighted by atomic mass is 35.5. The van der Waals surface area contributed by atoms with Crippen LogP contribution in [0, 0.1) is 0 Å². The van der Waals surface area contributed by atoms with Crippen LogP contribution in [-0.2, 0) is 16.1 Å². The fourth-order valence-electron chi connectivity index (χ4n) is 1.40. The maximum absolute atomic E-state index is 12.1. The quantitative estimate of drug-likeness (QED) is 0.749. The number of nitrogens with zero attached hydrogens (tertiary/aromatic N) is 1. The summed E-state index contributed by atoms with van der Waals surface area (Å²) in [6.45, 7) is 10.6. The SMILES string of the molecule is C=CCN(Cc1ccc(Cl)s1)C(=O)COC(C)(C)C. The van der Waals surface area contributed by atoms with Gasteiger partial charge in [-0.2, -0.15) is 0 Å². The zero-order valence-electron chi connectivity index (χ0n) is 11.6. The van der Waals surface area contributed by atoms with Crippen molar-refractivity contribution < 1.29 is 9.53 Å². The largest absolute Gasteiger partial charge is 0.366 e. The molecule has 1 aromatic heterocycles. The fourth-order valence-corrected chi connectivity index (χ4v) is 2.51. The number of ether oxygens (including phenoxy) is 1. The van der Waals surface area contributed by atoms with E-state index in [1.807, 2.05) is 32.9 Å². The maximum Gasteiger partial charge on any atom is 0.249 e. The number of thiophene rings is 1. The standard InChI is InChI=1S/C14H20ClNO2S/c1-5-8-16(9-11-6-7-12(15)19-11)13(17)10-18-14(2,3)4/h5-7H,1,8-10H2,2-4H3. The minimum Gasteiger partial charge on any atom is -0.366 e. The number of halogens is 1. The highest BCUT2D eigenvalue weighted by molar-refractivity contribution is 7.16. The van der Waals surface area contributed by atoms with Gasteiger partial charge in [0.2, 0.25) is 5.91 Å². The number of amides is 1. The van der Waals surface area contributed by atoms with Crippen LogP contribution in [0.3, 0.4) is 0 Å². The summed E-state index contributed by atoms with van der Waals surface area (Å²) in [5.41, 5.74) is -0.318. The molecule has 0 saturated carbocycles. The van der Waals surface area contributed by atoms with Crippen molar-refractivity contribution in [1.29, 1.82) is 0 Å². The van der Waals surface area contributed by atoms with Gasteiger partial charge < -0.3 is 9.64 Å². The van der Waals surface area contributed by atoms with Gasteiger partial charge in [0, 0.05) is 11.4 Å². The van der Waals surface area contributed by atoms with Crippen LogP contribution < -0.4 is 0 Å². The molecule has 0 saturated heterocycles. The summed E-state index contributed by atoms with van der Waals surface area (Å²) < 4.78 is 6.24. The third kappa shape index (κ3) is 6.23. The Labute approximate surface area is 123 Å². The van der Waals surface area contributed by atoms with Gasteiger partial charge in [0.15, 0.2) is 0 Å². The van der Waals surface area contributed by atoms with E-state index in [1.54, 1.807) is 11.0 Å². The minimum atomic E-state index is -0.318. The van der Waals surface area contributed by atoms with Crippen molar-refractivity contribution in [3.8, 4) is 0 Å². The molecule has 1 amide bonds. The monoisotopic (exact) mass is 301 g/mol. The molecule has 0 unspecified atom stereocenters. The molecule has 0 aliphatic rings. The van der Waals surface area contributed by atoms with Gasteiger partial charge in [-0.25, -0.2) is 0 Å². The lowest BCUT2D eigenvalue weighted by Crippen LogP contribution is -2.36. The molecule has 0 fully saturated rings. The molecule has 19 heavy (non-hydrogen) atoms. The Balaban J connectivity index is 2.61. The molecule has 0 radical (unpaired) electrons. The van der Waals surface area contributed by atoms with Crippen molar-refractivity contribution in [2.24, 2.45) is 0 Å². The molecule has 0 atom stereocenters. The molecule has 0 N–H and O–H groups in total. The van der Waals surface area contributed by atoms with Gasteiger partial charge in [0.1, 0.15) is 6.61 Å². The first-order valence-corrected chi connectivity index (χ1v) is 7.28. The Kier molecular flexibility index (Phi) is 6.04. The van der Waals surface area contributed by atoms with Crippen LogP contribution in [0.15, 0.2) is 24.8 Å². The van der Waals surface area contributed by atoms with E-state index in [-0.39, 0.29) is 18.1 Å². The Hall–Kier alpha value is -0.840. The van der Waals surface area contributed by atoms with Crippen molar-refractivity contribution in [1.82, 2.24) is 4.90 Å². The predicted molar refractivity (Wildman–Crippen MR) is 80.6 cm³/mol. The van der Waals surface area contributed by atoms with Crippen LogP contribution in [0.25, 0.3) is 0 Å². The van der Waals surface area contributed by atoms with Gasteiger partial charge in [0.05, 0.1) is 16.5 Å². The number of carbonyl (C=O) groups excluding carboxylic acids is 1. The second-order valence-corrected chi connectivity index (χ2v) is 6.97. The van der Waals surface area contributed by atoms with Crippen molar-refractivity contribution in [2.45, 2.75) is 32.9 Å². The molecule has 1 rings (SSSR count). The molecule has 5 heteroatoms. The van der Waals surface area contributed by atoms with E-state index in [0.29, 0.717) is 13.1 Å². The van der Waals surface area contributed by atoms with Crippen molar-refractivity contribution >= 4 is 28.8 Å². The average Bonchev–Trinajstić information content (AvgIpc) is 2.70. The lowest BCUT2D eigenvalue weighted by molar-refractivity contribution is -0.141. The van der Waals surface area contributed by atoms with Crippen molar-refractivity contribution in [2.75, 3.05) is 13.2 Å². The summed E-state index contributed by atoms with van der Waals surface area (Å²) in [6.07, 6.45) is 1.71. The molecule has 0 spiro atoms. The third-order valence-corrected chi connectivity index (χ3v) is 3.52.